The van der Waals surface area contributed by atoms with Gasteiger partial charge in [0.1, 0.15) is 0 Å². The van der Waals surface area contributed by atoms with Crippen molar-refractivity contribution in [1.82, 2.24) is 10.3 Å². The Hall–Kier alpha value is -0.610. The van der Waals surface area contributed by atoms with E-state index in [2.05, 4.69) is 37.9 Å². The topological polar surface area (TPSA) is 28.2 Å². The van der Waals surface area contributed by atoms with Gasteiger partial charge >= 0.3 is 0 Å². The first kappa shape index (κ1) is 12.8. The zero-order valence-electron chi connectivity index (χ0n) is 11.5. The number of hydrogen-bond acceptors (Lipinski definition) is 4. The molecule has 2 rings (SSSR count). The van der Waals surface area contributed by atoms with Crippen molar-refractivity contribution in [3.63, 3.8) is 0 Å². The molecule has 1 aromatic rings. The summed E-state index contributed by atoms with van der Waals surface area (Å²) in [5, 5.41) is 4.49. The number of hydrogen-bond donors (Lipinski definition) is 1. The van der Waals surface area contributed by atoms with E-state index < -0.39 is 0 Å². The van der Waals surface area contributed by atoms with Gasteiger partial charge in [-0.25, -0.2) is 4.98 Å². The number of aryl methyl sites for hydroxylation is 1. The average molecular weight is 253 g/mol. The van der Waals surface area contributed by atoms with Crippen molar-refractivity contribution in [1.29, 1.82) is 0 Å². The Morgan fingerprint density at radius 1 is 1.47 bits per heavy atom. The molecular weight excluding hydrogens is 230 g/mol. The molecule has 1 atom stereocenters. The van der Waals surface area contributed by atoms with E-state index in [1.54, 1.807) is 0 Å². The monoisotopic (exact) mass is 253 g/mol. The molecule has 1 aliphatic heterocycles. The highest BCUT2D eigenvalue weighted by Crippen LogP contribution is 2.36. The van der Waals surface area contributed by atoms with Crippen molar-refractivity contribution in [2.45, 2.75) is 40.2 Å². The van der Waals surface area contributed by atoms with Crippen molar-refractivity contribution in [2.75, 3.05) is 25.0 Å². The number of rotatable bonds is 3. The molecule has 0 amide bonds. The first-order valence-electron chi connectivity index (χ1n) is 6.32. The predicted octanol–water partition coefficient (Wildman–Crippen LogP) is 2.97. The van der Waals surface area contributed by atoms with Crippen LogP contribution in [0, 0.1) is 12.3 Å². The van der Waals surface area contributed by atoms with Crippen molar-refractivity contribution in [3.05, 3.63) is 10.6 Å². The third kappa shape index (κ3) is 2.63. The molecule has 0 saturated carbocycles. The number of aromatic nitrogens is 1. The molecule has 2 heterocycles. The van der Waals surface area contributed by atoms with E-state index in [-0.39, 0.29) is 0 Å². The minimum Gasteiger partial charge on any atom is -0.348 e. The smallest absolute Gasteiger partial charge is 0.185 e. The molecule has 17 heavy (non-hydrogen) atoms. The quantitative estimate of drug-likeness (QED) is 0.897. The second-order valence-corrected chi connectivity index (χ2v) is 6.80. The molecule has 3 nitrogen and oxygen atoms in total. The summed E-state index contributed by atoms with van der Waals surface area (Å²) < 4.78 is 0. The van der Waals surface area contributed by atoms with Crippen LogP contribution < -0.4 is 10.2 Å². The summed E-state index contributed by atoms with van der Waals surface area (Å²) >= 11 is 1.84. The van der Waals surface area contributed by atoms with Gasteiger partial charge in [-0.2, -0.15) is 0 Å². The van der Waals surface area contributed by atoms with Gasteiger partial charge in [-0.3, -0.25) is 0 Å². The number of thiazole rings is 1. The van der Waals surface area contributed by atoms with Gasteiger partial charge in [-0.15, -0.1) is 11.3 Å². The van der Waals surface area contributed by atoms with E-state index in [0.29, 0.717) is 11.5 Å². The molecule has 96 valence electrons. The largest absolute Gasteiger partial charge is 0.348 e. The normalized spacial score (nSPS) is 20.9. The van der Waals surface area contributed by atoms with Crippen LogP contribution >= 0.6 is 11.3 Å². The van der Waals surface area contributed by atoms with Crippen LogP contribution in [0.25, 0.3) is 0 Å². The summed E-state index contributed by atoms with van der Waals surface area (Å²) in [4.78, 5) is 8.53. The molecule has 0 aromatic carbocycles. The second kappa shape index (κ2) is 4.58. The van der Waals surface area contributed by atoms with Gasteiger partial charge in [-0.1, -0.05) is 13.8 Å². The van der Waals surface area contributed by atoms with Gasteiger partial charge in [0.2, 0.25) is 0 Å². The van der Waals surface area contributed by atoms with Crippen LogP contribution in [0.4, 0.5) is 5.13 Å². The molecule has 1 N–H and O–H groups in total. The SMILES string of the molecule is CNC(C)c1sc(N2CCC(C)(C)C2)nc1C. The van der Waals surface area contributed by atoms with E-state index in [1.165, 1.54) is 22.1 Å². The summed E-state index contributed by atoms with van der Waals surface area (Å²) in [6.45, 7) is 11.3. The van der Waals surface area contributed by atoms with Gasteiger partial charge in [0.15, 0.2) is 5.13 Å². The molecule has 1 aromatic heterocycles. The lowest BCUT2D eigenvalue weighted by Crippen LogP contribution is -2.22. The van der Waals surface area contributed by atoms with Crippen LogP contribution in [0.15, 0.2) is 0 Å². The minimum absolute atomic E-state index is 0.400. The molecule has 0 radical (unpaired) electrons. The van der Waals surface area contributed by atoms with Crippen LogP contribution in [0.2, 0.25) is 0 Å². The highest BCUT2D eigenvalue weighted by Gasteiger charge is 2.31. The summed E-state index contributed by atoms with van der Waals surface area (Å²) in [5.41, 5.74) is 1.62. The van der Waals surface area contributed by atoms with E-state index >= 15 is 0 Å². The molecule has 1 fully saturated rings. The average Bonchev–Trinajstić information content (AvgIpc) is 2.80. The van der Waals surface area contributed by atoms with Crippen molar-refractivity contribution < 1.29 is 0 Å². The van der Waals surface area contributed by atoms with Crippen molar-refractivity contribution >= 4 is 16.5 Å². The highest BCUT2D eigenvalue weighted by molar-refractivity contribution is 7.15. The van der Waals surface area contributed by atoms with Gasteiger partial charge in [-0.05, 0) is 32.7 Å². The van der Waals surface area contributed by atoms with Crippen LogP contribution in [-0.4, -0.2) is 25.1 Å². The Labute approximate surface area is 108 Å². The first-order valence-corrected chi connectivity index (χ1v) is 7.14. The Kier molecular flexibility index (Phi) is 3.46. The van der Waals surface area contributed by atoms with Crippen LogP contribution in [0.3, 0.4) is 0 Å². The minimum atomic E-state index is 0.400. The fourth-order valence-corrected chi connectivity index (χ4v) is 3.49. The Balaban J connectivity index is 2.18. The maximum absolute atomic E-state index is 4.73. The first-order chi connectivity index (χ1) is 7.93. The third-order valence-electron chi connectivity index (χ3n) is 3.60. The number of nitrogens with zero attached hydrogens (tertiary/aromatic N) is 2. The van der Waals surface area contributed by atoms with Crippen molar-refractivity contribution in [2.24, 2.45) is 5.41 Å². The van der Waals surface area contributed by atoms with Crippen molar-refractivity contribution in [3.8, 4) is 0 Å². The second-order valence-electron chi connectivity index (χ2n) is 5.79. The Bertz CT molecular complexity index is 397. The lowest BCUT2D eigenvalue weighted by atomic mass is 9.93. The lowest BCUT2D eigenvalue weighted by Gasteiger charge is -2.18. The summed E-state index contributed by atoms with van der Waals surface area (Å²) in [6.07, 6.45) is 1.27. The van der Waals surface area contributed by atoms with Crippen LogP contribution in [0.1, 0.15) is 43.8 Å². The standard InChI is InChI=1S/C13H23N3S/c1-9(14-5)11-10(2)15-12(17-11)16-7-6-13(3,4)8-16/h9,14H,6-8H2,1-5H3. The Morgan fingerprint density at radius 2 is 2.18 bits per heavy atom. The van der Waals surface area contributed by atoms with Gasteiger partial charge in [0.25, 0.3) is 0 Å². The summed E-state index contributed by atoms with van der Waals surface area (Å²) in [7, 11) is 2.00. The zero-order valence-corrected chi connectivity index (χ0v) is 12.3. The molecule has 1 unspecified atom stereocenters. The van der Waals surface area contributed by atoms with E-state index in [1.807, 2.05) is 18.4 Å². The molecule has 4 heteroatoms. The van der Waals surface area contributed by atoms with E-state index in [4.69, 9.17) is 4.98 Å². The maximum Gasteiger partial charge on any atom is 0.185 e. The van der Waals surface area contributed by atoms with E-state index in [9.17, 15) is 0 Å². The third-order valence-corrected chi connectivity index (χ3v) is 5.00. The molecule has 0 spiro atoms. The lowest BCUT2D eigenvalue weighted by molar-refractivity contribution is 0.418. The highest BCUT2D eigenvalue weighted by atomic mass is 32.1. The number of anilines is 1. The van der Waals surface area contributed by atoms with Gasteiger partial charge < -0.3 is 10.2 Å². The molecule has 0 aliphatic carbocycles. The van der Waals surface area contributed by atoms with Crippen LogP contribution in [-0.2, 0) is 0 Å². The predicted molar refractivity (Wildman–Crippen MR) is 74.9 cm³/mol. The Morgan fingerprint density at radius 3 is 2.71 bits per heavy atom. The fraction of sp³-hybridized carbons (Fsp3) is 0.769. The summed E-state index contributed by atoms with van der Waals surface area (Å²) in [5.74, 6) is 0. The number of nitrogens with one attached hydrogen (secondary N) is 1. The van der Waals surface area contributed by atoms with Gasteiger partial charge in [0, 0.05) is 24.0 Å². The summed E-state index contributed by atoms with van der Waals surface area (Å²) in [6, 6.07) is 0.400. The van der Waals surface area contributed by atoms with E-state index in [0.717, 1.165) is 13.1 Å². The zero-order chi connectivity index (χ0) is 12.6. The molecular formula is C13H23N3S. The fourth-order valence-electron chi connectivity index (χ4n) is 2.34. The van der Waals surface area contributed by atoms with Crippen LogP contribution in [0.5, 0.6) is 0 Å². The maximum atomic E-state index is 4.73. The molecule has 0 bridgehead atoms. The molecule has 1 aliphatic rings. The van der Waals surface area contributed by atoms with Gasteiger partial charge in [0.05, 0.1) is 5.69 Å². The molecule has 1 saturated heterocycles.